The molecule has 3 rings (SSSR count). The number of nitrogens with zero attached hydrogens (tertiary/aromatic N) is 3. The summed E-state index contributed by atoms with van der Waals surface area (Å²) in [6.07, 6.45) is 8.56. The van der Waals surface area contributed by atoms with Crippen LogP contribution in [-0.4, -0.2) is 84.8 Å². The maximum absolute atomic E-state index is 6.15. The van der Waals surface area contributed by atoms with E-state index in [9.17, 15) is 0 Å². The number of hydrogen-bond donors (Lipinski definition) is 0. The molecule has 3 heterocycles. The molecular formula is C22H43N3O. The minimum absolute atomic E-state index is 0.431. The Labute approximate surface area is 162 Å². The maximum Gasteiger partial charge on any atom is 0.0717 e. The van der Waals surface area contributed by atoms with E-state index in [1.807, 2.05) is 0 Å². The van der Waals surface area contributed by atoms with Crippen LogP contribution >= 0.6 is 0 Å². The van der Waals surface area contributed by atoms with Crippen LogP contribution in [0.15, 0.2) is 0 Å². The van der Waals surface area contributed by atoms with Crippen molar-refractivity contribution >= 4 is 0 Å². The zero-order valence-corrected chi connectivity index (χ0v) is 17.8. The Morgan fingerprint density at radius 1 is 0.769 bits per heavy atom. The molecule has 0 N–H and O–H groups in total. The summed E-state index contributed by atoms with van der Waals surface area (Å²) in [4.78, 5) is 8.06. The molecule has 4 heteroatoms. The van der Waals surface area contributed by atoms with Gasteiger partial charge in [0.1, 0.15) is 0 Å². The van der Waals surface area contributed by atoms with Crippen molar-refractivity contribution in [1.82, 2.24) is 14.7 Å². The predicted molar refractivity (Wildman–Crippen MR) is 110 cm³/mol. The van der Waals surface area contributed by atoms with Gasteiger partial charge in [0, 0.05) is 37.8 Å². The van der Waals surface area contributed by atoms with Crippen LogP contribution in [0.2, 0.25) is 0 Å². The van der Waals surface area contributed by atoms with E-state index in [0.717, 1.165) is 25.6 Å². The third kappa shape index (κ3) is 5.67. The minimum Gasteiger partial charge on any atom is -0.375 e. The van der Waals surface area contributed by atoms with Crippen LogP contribution in [0.5, 0.6) is 0 Å². The van der Waals surface area contributed by atoms with E-state index in [4.69, 9.17) is 4.74 Å². The van der Waals surface area contributed by atoms with E-state index in [-0.39, 0.29) is 0 Å². The summed E-state index contributed by atoms with van der Waals surface area (Å²) in [5.41, 5.74) is 0. The highest BCUT2D eigenvalue weighted by molar-refractivity contribution is 4.84. The summed E-state index contributed by atoms with van der Waals surface area (Å²) < 4.78 is 6.15. The Kier molecular flexibility index (Phi) is 7.80. The average molecular weight is 366 g/mol. The van der Waals surface area contributed by atoms with E-state index >= 15 is 0 Å². The molecule has 0 aliphatic carbocycles. The van der Waals surface area contributed by atoms with Gasteiger partial charge in [0.15, 0.2) is 0 Å². The largest absolute Gasteiger partial charge is 0.375 e. The molecule has 3 aliphatic rings. The Bertz CT molecular complexity index is 410. The monoisotopic (exact) mass is 365 g/mol. The van der Waals surface area contributed by atoms with Gasteiger partial charge in [-0.3, -0.25) is 4.90 Å². The minimum atomic E-state index is 0.431. The standard InChI is InChI=1S/C22H43N3O/c1-18(2)24-11-7-8-21(16-24)14-19(3)25-12-13-26-22(17-25)15-20(4)23-9-5-6-10-23/h18-22H,5-17H2,1-4H3. The third-order valence-electron chi connectivity index (χ3n) is 7.12. The Morgan fingerprint density at radius 3 is 2.19 bits per heavy atom. The average Bonchev–Trinajstić information content (AvgIpc) is 3.17. The molecule has 3 saturated heterocycles. The number of likely N-dealkylation sites (tertiary alicyclic amines) is 2. The van der Waals surface area contributed by atoms with E-state index in [1.54, 1.807) is 0 Å². The molecule has 3 aliphatic heterocycles. The molecule has 0 spiro atoms. The smallest absolute Gasteiger partial charge is 0.0717 e. The summed E-state index contributed by atoms with van der Waals surface area (Å²) >= 11 is 0. The fourth-order valence-corrected chi connectivity index (χ4v) is 5.39. The van der Waals surface area contributed by atoms with Crippen molar-refractivity contribution in [3.05, 3.63) is 0 Å². The molecule has 3 fully saturated rings. The van der Waals surface area contributed by atoms with Gasteiger partial charge in [-0.05, 0) is 91.8 Å². The summed E-state index contributed by atoms with van der Waals surface area (Å²) in [6, 6.07) is 2.07. The van der Waals surface area contributed by atoms with Gasteiger partial charge in [-0.1, -0.05) is 0 Å². The summed E-state index contributed by atoms with van der Waals surface area (Å²) in [7, 11) is 0. The highest BCUT2D eigenvalue weighted by atomic mass is 16.5. The van der Waals surface area contributed by atoms with Gasteiger partial charge in [0.05, 0.1) is 12.7 Å². The molecule has 0 aromatic carbocycles. The van der Waals surface area contributed by atoms with Crippen molar-refractivity contribution in [3.8, 4) is 0 Å². The van der Waals surface area contributed by atoms with Gasteiger partial charge in [0.25, 0.3) is 0 Å². The second-order valence-corrected chi connectivity index (χ2v) is 9.50. The van der Waals surface area contributed by atoms with Crippen molar-refractivity contribution < 1.29 is 4.74 Å². The molecule has 4 atom stereocenters. The molecular weight excluding hydrogens is 322 g/mol. The number of rotatable bonds is 7. The van der Waals surface area contributed by atoms with Crippen LogP contribution in [0.1, 0.15) is 66.2 Å². The number of hydrogen-bond acceptors (Lipinski definition) is 4. The molecule has 4 unspecified atom stereocenters. The quantitative estimate of drug-likeness (QED) is 0.688. The topological polar surface area (TPSA) is 19.0 Å². The molecule has 152 valence electrons. The normalized spacial score (nSPS) is 32.2. The lowest BCUT2D eigenvalue weighted by molar-refractivity contribution is -0.0562. The zero-order valence-electron chi connectivity index (χ0n) is 17.8. The number of ether oxygens (including phenoxy) is 1. The zero-order chi connectivity index (χ0) is 18.5. The Balaban J connectivity index is 1.44. The van der Waals surface area contributed by atoms with Gasteiger partial charge in [-0.15, -0.1) is 0 Å². The van der Waals surface area contributed by atoms with Crippen molar-refractivity contribution in [3.63, 3.8) is 0 Å². The van der Waals surface area contributed by atoms with Crippen molar-refractivity contribution in [1.29, 1.82) is 0 Å². The van der Waals surface area contributed by atoms with E-state index in [0.29, 0.717) is 24.2 Å². The third-order valence-corrected chi connectivity index (χ3v) is 7.12. The molecule has 0 aromatic rings. The lowest BCUT2D eigenvalue weighted by Gasteiger charge is -2.41. The number of morpholine rings is 1. The lowest BCUT2D eigenvalue weighted by Crippen LogP contribution is -2.50. The van der Waals surface area contributed by atoms with Gasteiger partial charge < -0.3 is 14.5 Å². The first kappa shape index (κ1) is 20.6. The molecule has 0 bridgehead atoms. The van der Waals surface area contributed by atoms with Gasteiger partial charge in [0.2, 0.25) is 0 Å². The highest BCUT2D eigenvalue weighted by Gasteiger charge is 2.30. The van der Waals surface area contributed by atoms with Crippen molar-refractivity contribution in [2.24, 2.45) is 5.92 Å². The van der Waals surface area contributed by atoms with Crippen LogP contribution in [0.3, 0.4) is 0 Å². The van der Waals surface area contributed by atoms with Crippen LogP contribution < -0.4 is 0 Å². The molecule has 0 radical (unpaired) electrons. The molecule has 4 nitrogen and oxygen atoms in total. The predicted octanol–water partition coefficient (Wildman–Crippen LogP) is 3.46. The summed E-state index contributed by atoms with van der Waals surface area (Å²) in [6.45, 7) is 17.9. The summed E-state index contributed by atoms with van der Waals surface area (Å²) in [5, 5.41) is 0. The second-order valence-electron chi connectivity index (χ2n) is 9.50. The first-order chi connectivity index (χ1) is 12.5. The Morgan fingerprint density at radius 2 is 1.46 bits per heavy atom. The lowest BCUT2D eigenvalue weighted by atomic mass is 9.90. The van der Waals surface area contributed by atoms with Crippen LogP contribution in [0.25, 0.3) is 0 Å². The molecule has 26 heavy (non-hydrogen) atoms. The number of piperidine rings is 1. The fraction of sp³-hybridized carbons (Fsp3) is 1.00. The molecule has 0 amide bonds. The van der Waals surface area contributed by atoms with E-state index in [2.05, 4.69) is 42.4 Å². The van der Waals surface area contributed by atoms with Crippen LogP contribution in [-0.2, 0) is 4.74 Å². The van der Waals surface area contributed by atoms with Crippen molar-refractivity contribution in [2.75, 3.05) is 45.9 Å². The van der Waals surface area contributed by atoms with E-state index in [1.165, 1.54) is 64.7 Å². The van der Waals surface area contributed by atoms with Crippen LogP contribution in [0.4, 0.5) is 0 Å². The fourth-order valence-electron chi connectivity index (χ4n) is 5.39. The van der Waals surface area contributed by atoms with E-state index < -0.39 is 0 Å². The highest BCUT2D eigenvalue weighted by Crippen LogP contribution is 2.26. The van der Waals surface area contributed by atoms with Gasteiger partial charge in [-0.25, -0.2) is 0 Å². The van der Waals surface area contributed by atoms with Crippen molar-refractivity contribution in [2.45, 2.75) is 90.4 Å². The summed E-state index contributed by atoms with van der Waals surface area (Å²) in [5.74, 6) is 0.881. The first-order valence-electron chi connectivity index (χ1n) is 11.4. The van der Waals surface area contributed by atoms with Gasteiger partial charge in [-0.2, -0.15) is 0 Å². The first-order valence-corrected chi connectivity index (χ1v) is 11.4. The Hall–Kier alpha value is -0.160. The molecule has 0 aromatic heterocycles. The second kappa shape index (κ2) is 9.86. The SMILES string of the molecule is CC(C)N1CCCC(CC(C)N2CCOC(CC(C)N3CCCC3)C2)C1. The van der Waals surface area contributed by atoms with Gasteiger partial charge >= 0.3 is 0 Å². The van der Waals surface area contributed by atoms with Crippen LogP contribution in [0, 0.1) is 5.92 Å². The molecule has 0 saturated carbocycles. The maximum atomic E-state index is 6.15.